The second kappa shape index (κ2) is 7.66. The monoisotopic (exact) mass is 435 g/mol. The molecule has 152 valence electrons. The van der Waals surface area contributed by atoms with Crippen LogP contribution in [-0.4, -0.2) is 50.7 Å². The van der Waals surface area contributed by atoms with Crippen LogP contribution >= 0.6 is 11.6 Å². The number of rotatable bonds is 4. The molecule has 2 heterocycles. The quantitative estimate of drug-likeness (QED) is 0.675. The van der Waals surface area contributed by atoms with Crippen LogP contribution in [0, 0.1) is 6.92 Å². The third kappa shape index (κ3) is 3.93. The molecule has 1 N–H and O–H groups in total. The van der Waals surface area contributed by atoms with E-state index in [0.29, 0.717) is 42.3 Å². The lowest BCUT2D eigenvalue weighted by Crippen LogP contribution is -2.40. The largest absolute Gasteiger partial charge is 0.378 e. The van der Waals surface area contributed by atoms with Gasteiger partial charge in [0, 0.05) is 13.1 Å². The summed E-state index contributed by atoms with van der Waals surface area (Å²) in [7, 11) is -3.93. The van der Waals surface area contributed by atoms with Gasteiger partial charge < -0.3 is 14.2 Å². The number of sulfonamides is 1. The maximum absolute atomic E-state index is 12.9. The van der Waals surface area contributed by atoms with Gasteiger partial charge in [0.1, 0.15) is 0 Å². The van der Waals surface area contributed by atoms with Crippen LogP contribution in [0.4, 0.5) is 5.69 Å². The lowest BCUT2D eigenvalue weighted by Gasteiger charge is -2.25. The fraction of sp³-hybridized carbons (Fsp3) is 0.263. The van der Waals surface area contributed by atoms with E-state index in [9.17, 15) is 13.2 Å². The molecule has 0 spiro atoms. The highest BCUT2D eigenvalue weighted by molar-refractivity contribution is 7.92. The average molecular weight is 436 g/mol. The minimum Gasteiger partial charge on any atom is -0.378 e. The lowest BCUT2D eigenvalue weighted by atomic mass is 10.2. The Hall–Kier alpha value is -2.62. The standard InChI is InChI=1S/C19H18ClN3O5S/c1-12-2-4-16(15(20)10-12)22-29(25,26)13-3-5-17-14(11-13)18(21-28-17)19(24)23-6-8-27-9-7-23/h2-5,10-11,22H,6-9H2,1H3. The van der Waals surface area contributed by atoms with Crippen LogP contribution in [0.25, 0.3) is 11.0 Å². The zero-order valence-corrected chi connectivity index (χ0v) is 17.1. The maximum atomic E-state index is 12.9. The number of halogens is 1. The normalized spacial score (nSPS) is 14.9. The number of morpholine rings is 1. The first kappa shape index (κ1) is 19.7. The van der Waals surface area contributed by atoms with Crippen LogP contribution < -0.4 is 4.72 Å². The van der Waals surface area contributed by atoms with Gasteiger partial charge in [-0.1, -0.05) is 22.8 Å². The molecule has 0 saturated carbocycles. The first-order valence-electron chi connectivity index (χ1n) is 8.90. The van der Waals surface area contributed by atoms with E-state index in [-0.39, 0.29) is 22.2 Å². The summed E-state index contributed by atoms with van der Waals surface area (Å²) in [6.07, 6.45) is 0. The van der Waals surface area contributed by atoms with E-state index in [1.54, 1.807) is 23.1 Å². The number of aromatic nitrogens is 1. The van der Waals surface area contributed by atoms with Gasteiger partial charge in [-0.2, -0.15) is 0 Å². The lowest BCUT2D eigenvalue weighted by molar-refractivity contribution is 0.0297. The Labute approximate surface area is 172 Å². The minimum absolute atomic E-state index is 0.0270. The van der Waals surface area contributed by atoms with E-state index < -0.39 is 10.0 Å². The van der Waals surface area contributed by atoms with Gasteiger partial charge in [0.2, 0.25) is 0 Å². The van der Waals surface area contributed by atoms with Crippen molar-refractivity contribution in [1.29, 1.82) is 0 Å². The topological polar surface area (TPSA) is 102 Å². The molecule has 29 heavy (non-hydrogen) atoms. The minimum atomic E-state index is -3.93. The molecule has 1 aliphatic rings. The number of nitrogens with zero attached hydrogens (tertiary/aromatic N) is 2. The number of hydrogen-bond donors (Lipinski definition) is 1. The molecule has 1 aliphatic heterocycles. The van der Waals surface area contributed by atoms with Gasteiger partial charge in [0.15, 0.2) is 11.3 Å². The predicted molar refractivity (Wildman–Crippen MR) is 108 cm³/mol. The van der Waals surface area contributed by atoms with E-state index in [0.717, 1.165) is 5.56 Å². The first-order valence-corrected chi connectivity index (χ1v) is 10.8. The number of carbonyl (C=O) groups is 1. The number of aryl methyl sites for hydroxylation is 1. The van der Waals surface area contributed by atoms with E-state index in [2.05, 4.69) is 9.88 Å². The summed E-state index contributed by atoms with van der Waals surface area (Å²) in [5.74, 6) is -0.323. The van der Waals surface area contributed by atoms with Gasteiger partial charge in [-0.3, -0.25) is 9.52 Å². The van der Waals surface area contributed by atoms with Crippen LogP contribution in [0.1, 0.15) is 16.1 Å². The van der Waals surface area contributed by atoms with Crippen molar-refractivity contribution in [3.63, 3.8) is 0 Å². The second-order valence-corrected chi connectivity index (χ2v) is 8.77. The summed E-state index contributed by atoms with van der Waals surface area (Å²) >= 11 is 6.14. The van der Waals surface area contributed by atoms with E-state index in [1.165, 1.54) is 18.2 Å². The van der Waals surface area contributed by atoms with Crippen LogP contribution in [0.2, 0.25) is 5.02 Å². The highest BCUT2D eigenvalue weighted by Gasteiger charge is 2.25. The highest BCUT2D eigenvalue weighted by Crippen LogP contribution is 2.28. The van der Waals surface area contributed by atoms with Crippen molar-refractivity contribution in [1.82, 2.24) is 10.1 Å². The number of anilines is 1. The molecule has 1 fully saturated rings. The van der Waals surface area contributed by atoms with Crippen LogP contribution in [0.15, 0.2) is 45.8 Å². The van der Waals surface area contributed by atoms with Gasteiger partial charge in [-0.05, 0) is 42.8 Å². The van der Waals surface area contributed by atoms with Crippen molar-refractivity contribution in [3.05, 3.63) is 52.7 Å². The molecule has 10 heteroatoms. The fourth-order valence-corrected chi connectivity index (χ4v) is 4.51. The summed E-state index contributed by atoms with van der Waals surface area (Å²) in [5.41, 5.74) is 1.59. The van der Waals surface area contributed by atoms with Crippen LogP contribution in [-0.2, 0) is 14.8 Å². The van der Waals surface area contributed by atoms with Crippen LogP contribution in [0.3, 0.4) is 0 Å². The van der Waals surface area contributed by atoms with Gasteiger partial charge in [-0.15, -0.1) is 0 Å². The van der Waals surface area contributed by atoms with Crippen molar-refractivity contribution < 1.29 is 22.5 Å². The van der Waals surface area contributed by atoms with E-state index >= 15 is 0 Å². The molecular weight excluding hydrogens is 418 g/mol. The molecule has 8 nitrogen and oxygen atoms in total. The Morgan fingerprint density at radius 1 is 1.17 bits per heavy atom. The van der Waals surface area contributed by atoms with Gasteiger partial charge in [0.25, 0.3) is 15.9 Å². The molecule has 1 saturated heterocycles. The molecule has 4 rings (SSSR count). The van der Waals surface area contributed by atoms with E-state index in [4.69, 9.17) is 20.9 Å². The third-order valence-electron chi connectivity index (χ3n) is 4.62. The number of nitrogens with one attached hydrogen (secondary N) is 1. The summed E-state index contributed by atoms with van der Waals surface area (Å²) in [6.45, 7) is 3.64. The molecule has 3 aromatic rings. The van der Waals surface area contributed by atoms with Gasteiger partial charge in [0.05, 0.1) is 34.2 Å². The SMILES string of the molecule is Cc1ccc(NS(=O)(=O)c2ccc3onc(C(=O)N4CCOCC4)c3c2)c(Cl)c1. The predicted octanol–water partition coefficient (Wildman–Crippen LogP) is 3.06. The average Bonchev–Trinajstić information content (AvgIpc) is 3.13. The molecule has 0 atom stereocenters. The first-order chi connectivity index (χ1) is 13.8. The molecule has 0 bridgehead atoms. The zero-order chi connectivity index (χ0) is 20.6. The number of carbonyl (C=O) groups excluding carboxylic acids is 1. The second-order valence-electron chi connectivity index (χ2n) is 6.68. The summed E-state index contributed by atoms with van der Waals surface area (Å²) in [6, 6.07) is 9.27. The molecule has 2 aromatic carbocycles. The van der Waals surface area contributed by atoms with Crippen molar-refractivity contribution in [2.45, 2.75) is 11.8 Å². The zero-order valence-electron chi connectivity index (χ0n) is 15.5. The molecule has 0 radical (unpaired) electrons. The van der Waals surface area contributed by atoms with Crippen LogP contribution in [0.5, 0.6) is 0 Å². The summed E-state index contributed by atoms with van der Waals surface area (Å²) in [5, 5.41) is 4.49. The van der Waals surface area contributed by atoms with Gasteiger partial charge >= 0.3 is 0 Å². The smallest absolute Gasteiger partial charge is 0.276 e. The fourth-order valence-electron chi connectivity index (χ4n) is 3.06. The number of amides is 1. The van der Waals surface area contributed by atoms with Crippen molar-refractivity contribution in [2.24, 2.45) is 0 Å². The molecule has 0 aliphatic carbocycles. The Morgan fingerprint density at radius 3 is 2.66 bits per heavy atom. The Bertz CT molecular complexity index is 1190. The molecule has 0 unspecified atom stereocenters. The van der Waals surface area contributed by atoms with E-state index in [1.807, 2.05) is 6.92 Å². The molecular formula is C19H18ClN3O5S. The maximum Gasteiger partial charge on any atom is 0.276 e. The summed E-state index contributed by atoms with van der Waals surface area (Å²) < 4.78 is 38.7. The van der Waals surface area contributed by atoms with Gasteiger partial charge in [-0.25, -0.2) is 8.42 Å². The third-order valence-corrected chi connectivity index (χ3v) is 6.30. The van der Waals surface area contributed by atoms with Crippen molar-refractivity contribution >= 4 is 44.2 Å². The number of hydrogen-bond acceptors (Lipinski definition) is 6. The summed E-state index contributed by atoms with van der Waals surface area (Å²) in [4.78, 5) is 14.3. The Morgan fingerprint density at radius 2 is 1.93 bits per heavy atom. The van der Waals surface area contributed by atoms with Crippen molar-refractivity contribution in [3.8, 4) is 0 Å². The number of ether oxygens (including phenoxy) is 1. The number of fused-ring (bicyclic) bond motifs is 1. The van der Waals surface area contributed by atoms with Crippen molar-refractivity contribution in [2.75, 3.05) is 31.0 Å². The molecule has 1 aromatic heterocycles. The molecule has 1 amide bonds. The Balaban J connectivity index is 1.68. The number of benzene rings is 2. The Kier molecular flexibility index (Phi) is 5.20. The highest BCUT2D eigenvalue weighted by atomic mass is 35.5.